The summed E-state index contributed by atoms with van der Waals surface area (Å²) < 4.78 is 5.69. The lowest BCUT2D eigenvalue weighted by molar-refractivity contribution is 0.0968. The summed E-state index contributed by atoms with van der Waals surface area (Å²) in [6.07, 6.45) is 8.51. The van der Waals surface area contributed by atoms with E-state index in [4.69, 9.17) is 4.74 Å². The molecule has 2 unspecified atom stereocenters. The Bertz CT molecular complexity index is 195. The Hall–Kier alpha value is -0.0800. The van der Waals surface area contributed by atoms with Crippen molar-refractivity contribution in [3.63, 3.8) is 0 Å². The van der Waals surface area contributed by atoms with Crippen LogP contribution in [-0.2, 0) is 4.74 Å². The van der Waals surface area contributed by atoms with Crippen LogP contribution in [0.4, 0.5) is 0 Å². The summed E-state index contributed by atoms with van der Waals surface area (Å²) in [6, 6.07) is 0.728. The van der Waals surface area contributed by atoms with Crippen molar-refractivity contribution >= 4 is 0 Å². The third-order valence-electron chi connectivity index (χ3n) is 4.13. The molecule has 1 heterocycles. The molecule has 0 radical (unpaired) electrons. The predicted molar refractivity (Wildman–Crippen MR) is 63.0 cm³/mol. The molecule has 0 amide bonds. The minimum atomic E-state index is 0.563. The van der Waals surface area contributed by atoms with Crippen molar-refractivity contribution < 1.29 is 4.74 Å². The van der Waals surface area contributed by atoms with Gasteiger partial charge in [-0.25, -0.2) is 0 Å². The van der Waals surface area contributed by atoms with Crippen molar-refractivity contribution in [2.45, 2.75) is 64.5 Å². The summed E-state index contributed by atoms with van der Waals surface area (Å²) in [5.74, 6) is 0. The summed E-state index contributed by atoms with van der Waals surface area (Å²) in [7, 11) is 0. The van der Waals surface area contributed by atoms with Crippen molar-refractivity contribution in [2.75, 3.05) is 13.2 Å². The standard InChI is InChI=1S/C13H25NO/c1-3-14-12(13(2)8-9-13)7-6-11-5-4-10-15-11/h11-12,14H,3-10H2,1-2H3. The minimum Gasteiger partial charge on any atom is -0.378 e. The van der Waals surface area contributed by atoms with Crippen molar-refractivity contribution in [3.05, 3.63) is 0 Å². The van der Waals surface area contributed by atoms with Crippen molar-refractivity contribution in [2.24, 2.45) is 5.41 Å². The second-order valence-electron chi connectivity index (χ2n) is 5.48. The molecule has 2 aliphatic rings. The highest BCUT2D eigenvalue weighted by Crippen LogP contribution is 2.49. The maximum Gasteiger partial charge on any atom is 0.0576 e. The number of rotatable bonds is 6. The highest BCUT2D eigenvalue weighted by Gasteiger charge is 2.44. The molecule has 15 heavy (non-hydrogen) atoms. The van der Waals surface area contributed by atoms with E-state index in [0.29, 0.717) is 11.5 Å². The Morgan fingerprint density at radius 3 is 2.80 bits per heavy atom. The average Bonchev–Trinajstić information content (AvgIpc) is 2.80. The molecular formula is C13H25NO. The zero-order valence-electron chi connectivity index (χ0n) is 10.2. The largest absolute Gasteiger partial charge is 0.378 e. The van der Waals surface area contributed by atoms with Crippen LogP contribution in [0.1, 0.15) is 52.4 Å². The molecule has 2 atom stereocenters. The fourth-order valence-corrected chi connectivity index (χ4v) is 2.71. The summed E-state index contributed by atoms with van der Waals surface area (Å²) in [5, 5.41) is 3.65. The highest BCUT2D eigenvalue weighted by atomic mass is 16.5. The molecule has 2 rings (SSSR count). The first-order chi connectivity index (χ1) is 7.24. The van der Waals surface area contributed by atoms with Crippen LogP contribution >= 0.6 is 0 Å². The molecule has 1 saturated carbocycles. The van der Waals surface area contributed by atoms with Gasteiger partial charge in [-0.3, -0.25) is 0 Å². The van der Waals surface area contributed by atoms with E-state index in [1.54, 1.807) is 0 Å². The smallest absolute Gasteiger partial charge is 0.0576 e. The molecule has 1 aliphatic heterocycles. The molecular weight excluding hydrogens is 186 g/mol. The van der Waals surface area contributed by atoms with Crippen LogP contribution in [0.15, 0.2) is 0 Å². The zero-order chi connectivity index (χ0) is 10.7. The second-order valence-corrected chi connectivity index (χ2v) is 5.48. The fourth-order valence-electron chi connectivity index (χ4n) is 2.71. The number of nitrogens with one attached hydrogen (secondary N) is 1. The van der Waals surface area contributed by atoms with Crippen LogP contribution < -0.4 is 5.32 Å². The first-order valence-electron chi connectivity index (χ1n) is 6.59. The second kappa shape index (κ2) is 4.84. The Kier molecular flexibility index (Phi) is 3.68. The van der Waals surface area contributed by atoms with Crippen LogP contribution in [0.3, 0.4) is 0 Å². The Morgan fingerprint density at radius 2 is 2.27 bits per heavy atom. The van der Waals surface area contributed by atoms with E-state index in [0.717, 1.165) is 19.2 Å². The van der Waals surface area contributed by atoms with E-state index in [2.05, 4.69) is 19.2 Å². The van der Waals surface area contributed by atoms with E-state index in [1.165, 1.54) is 38.5 Å². The van der Waals surface area contributed by atoms with Gasteiger partial charge < -0.3 is 10.1 Å². The molecule has 0 spiro atoms. The Labute approximate surface area is 93.8 Å². The minimum absolute atomic E-state index is 0.563. The molecule has 2 nitrogen and oxygen atoms in total. The van der Waals surface area contributed by atoms with E-state index in [-0.39, 0.29) is 0 Å². The van der Waals surface area contributed by atoms with Gasteiger partial charge in [0, 0.05) is 12.6 Å². The summed E-state index contributed by atoms with van der Waals surface area (Å²) >= 11 is 0. The van der Waals surface area contributed by atoms with Crippen LogP contribution in [0, 0.1) is 5.41 Å². The van der Waals surface area contributed by atoms with Gasteiger partial charge in [0.2, 0.25) is 0 Å². The molecule has 88 valence electrons. The van der Waals surface area contributed by atoms with Gasteiger partial charge in [0.1, 0.15) is 0 Å². The van der Waals surface area contributed by atoms with Gasteiger partial charge in [-0.15, -0.1) is 0 Å². The Balaban J connectivity index is 1.73. The maximum absolute atomic E-state index is 5.69. The van der Waals surface area contributed by atoms with Gasteiger partial charge >= 0.3 is 0 Å². The quantitative estimate of drug-likeness (QED) is 0.729. The normalized spacial score (nSPS) is 30.4. The van der Waals surface area contributed by atoms with Crippen molar-refractivity contribution in [1.82, 2.24) is 5.32 Å². The SMILES string of the molecule is CCNC(CCC1CCCO1)C1(C)CC1. The Morgan fingerprint density at radius 1 is 1.47 bits per heavy atom. The molecule has 2 heteroatoms. The van der Waals surface area contributed by atoms with Gasteiger partial charge in [-0.1, -0.05) is 13.8 Å². The molecule has 0 aromatic carbocycles. The zero-order valence-corrected chi connectivity index (χ0v) is 10.2. The first-order valence-corrected chi connectivity index (χ1v) is 6.59. The number of ether oxygens (including phenoxy) is 1. The van der Waals surface area contributed by atoms with Crippen molar-refractivity contribution in [1.29, 1.82) is 0 Å². The monoisotopic (exact) mass is 211 g/mol. The van der Waals surface area contributed by atoms with Gasteiger partial charge in [-0.2, -0.15) is 0 Å². The van der Waals surface area contributed by atoms with Crippen LogP contribution in [0.5, 0.6) is 0 Å². The van der Waals surface area contributed by atoms with Crippen LogP contribution in [0.25, 0.3) is 0 Å². The molecule has 1 saturated heterocycles. The molecule has 0 bridgehead atoms. The summed E-state index contributed by atoms with van der Waals surface area (Å²) in [5.41, 5.74) is 0.606. The lowest BCUT2D eigenvalue weighted by atomic mass is 9.93. The van der Waals surface area contributed by atoms with Gasteiger partial charge in [0.15, 0.2) is 0 Å². The fraction of sp³-hybridized carbons (Fsp3) is 1.00. The van der Waals surface area contributed by atoms with Gasteiger partial charge in [-0.05, 0) is 50.5 Å². The highest BCUT2D eigenvalue weighted by molar-refractivity contribution is 4.98. The molecule has 1 N–H and O–H groups in total. The molecule has 1 aliphatic carbocycles. The summed E-state index contributed by atoms with van der Waals surface area (Å²) in [6.45, 7) is 6.74. The topological polar surface area (TPSA) is 21.3 Å². The number of hydrogen-bond acceptors (Lipinski definition) is 2. The van der Waals surface area contributed by atoms with E-state index in [1.807, 2.05) is 0 Å². The third kappa shape index (κ3) is 2.94. The van der Waals surface area contributed by atoms with Gasteiger partial charge in [0.05, 0.1) is 6.10 Å². The third-order valence-corrected chi connectivity index (χ3v) is 4.13. The van der Waals surface area contributed by atoms with E-state index in [9.17, 15) is 0 Å². The van der Waals surface area contributed by atoms with Gasteiger partial charge in [0.25, 0.3) is 0 Å². The maximum atomic E-state index is 5.69. The lowest BCUT2D eigenvalue weighted by Gasteiger charge is -2.25. The van der Waals surface area contributed by atoms with Crippen LogP contribution in [-0.4, -0.2) is 25.3 Å². The van der Waals surface area contributed by atoms with E-state index < -0.39 is 0 Å². The molecule has 0 aromatic heterocycles. The molecule has 0 aromatic rings. The first kappa shape index (κ1) is 11.4. The summed E-state index contributed by atoms with van der Waals surface area (Å²) in [4.78, 5) is 0. The lowest BCUT2D eigenvalue weighted by Crippen LogP contribution is -2.36. The predicted octanol–water partition coefficient (Wildman–Crippen LogP) is 2.72. The number of hydrogen-bond donors (Lipinski definition) is 1. The van der Waals surface area contributed by atoms with Crippen LogP contribution in [0.2, 0.25) is 0 Å². The van der Waals surface area contributed by atoms with E-state index >= 15 is 0 Å². The molecule has 2 fully saturated rings. The average molecular weight is 211 g/mol. The van der Waals surface area contributed by atoms with Crippen molar-refractivity contribution in [3.8, 4) is 0 Å².